The molecule has 2 fully saturated rings. The first-order valence-electron chi connectivity index (χ1n) is 15.2. The Balaban J connectivity index is 1.73. The molecule has 3 heterocycles. The maximum absolute atomic E-state index is 13.9. The Morgan fingerprint density at radius 2 is 1.93 bits per heavy atom. The summed E-state index contributed by atoms with van der Waals surface area (Å²) in [5.74, 6) is -1.53. The normalized spacial score (nSPS) is 44.9. The van der Waals surface area contributed by atoms with Crippen LogP contribution >= 0.6 is 0 Å². The zero-order valence-electron chi connectivity index (χ0n) is 25.2. The molecule has 2 bridgehead atoms. The lowest BCUT2D eigenvalue weighted by atomic mass is 9.71. The third-order valence-electron chi connectivity index (χ3n) is 9.44. The summed E-state index contributed by atoms with van der Waals surface area (Å²) in [7, 11) is 1.59. The Morgan fingerprint density at radius 3 is 2.62 bits per heavy atom. The van der Waals surface area contributed by atoms with Crippen LogP contribution in [-0.4, -0.2) is 65.7 Å². The van der Waals surface area contributed by atoms with E-state index in [1.165, 1.54) is 5.57 Å². The van der Waals surface area contributed by atoms with Crippen LogP contribution in [0.2, 0.25) is 0 Å². The fourth-order valence-corrected chi connectivity index (χ4v) is 7.03. The molecule has 1 spiro atoms. The van der Waals surface area contributed by atoms with E-state index in [0.29, 0.717) is 24.3 Å². The van der Waals surface area contributed by atoms with Gasteiger partial charge in [-0.2, -0.15) is 0 Å². The molecule has 9 atom stereocenters. The number of methoxy groups -OCH3 is 1. The molecule has 7 nitrogen and oxygen atoms in total. The number of fused-ring (bicyclic) bond motifs is 3. The van der Waals surface area contributed by atoms with Crippen LogP contribution in [0.4, 0.5) is 0 Å². The Kier molecular flexibility index (Phi) is 10.2. The molecule has 7 heteroatoms. The number of allylic oxidation sites excluding steroid dienone is 4. The lowest BCUT2D eigenvalue weighted by molar-refractivity contribution is -0.335. The van der Waals surface area contributed by atoms with Gasteiger partial charge in [0.25, 0.3) is 0 Å². The van der Waals surface area contributed by atoms with E-state index in [1.807, 2.05) is 13.0 Å². The molecule has 0 radical (unpaired) electrons. The van der Waals surface area contributed by atoms with Crippen LogP contribution in [0.25, 0.3) is 0 Å². The average Bonchev–Trinajstić information content (AvgIpc) is 2.91. The lowest BCUT2D eigenvalue weighted by Gasteiger charge is -2.50. The Morgan fingerprint density at radius 1 is 1.15 bits per heavy atom. The number of ether oxygens (including phenoxy) is 4. The van der Waals surface area contributed by atoms with Gasteiger partial charge in [0, 0.05) is 32.8 Å². The van der Waals surface area contributed by atoms with Crippen molar-refractivity contribution in [1.29, 1.82) is 0 Å². The summed E-state index contributed by atoms with van der Waals surface area (Å²) >= 11 is 0. The predicted octanol–water partition coefficient (Wildman–Crippen LogP) is 5.56. The van der Waals surface area contributed by atoms with Crippen LogP contribution in [0.3, 0.4) is 0 Å². The molecule has 4 rings (SSSR count). The van der Waals surface area contributed by atoms with Gasteiger partial charge in [-0.25, -0.2) is 0 Å². The fourth-order valence-electron chi connectivity index (χ4n) is 7.03. The summed E-state index contributed by atoms with van der Waals surface area (Å²) in [6.45, 7) is 10.2. The van der Waals surface area contributed by atoms with Crippen molar-refractivity contribution >= 4 is 5.97 Å². The van der Waals surface area contributed by atoms with Crippen LogP contribution in [0.1, 0.15) is 86.0 Å². The maximum Gasteiger partial charge on any atom is 0.316 e. The van der Waals surface area contributed by atoms with Gasteiger partial charge in [0.15, 0.2) is 5.79 Å². The molecule has 0 aromatic rings. The summed E-state index contributed by atoms with van der Waals surface area (Å²) in [6, 6.07) is 0. The topological polar surface area (TPSA) is 94.5 Å². The van der Waals surface area contributed by atoms with Crippen molar-refractivity contribution in [2.75, 3.05) is 13.7 Å². The van der Waals surface area contributed by atoms with E-state index >= 15 is 0 Å². The number of hydrogen-bond donors (Lipinski definition) is 2. The van der Waals surface area contributed by atoms with Crippen molar-refractivity contribution in [2.24, 2.45) is 17.8 Å². The molecule has 4 aliphatic rings. The van der Waals surface area contributed by atoms with Crippen molar-refractivity contribution in [2.45, 2.75) is 122 Å². The van der Waals surface area contributed by atoms with E-state index in [4.69, 9.17) is 18.9 Å². The predicted molar refractivity (Wildman–Crippen MR) is 154 cm³/mol. The maximum atomic E-state index is 13.9. The lowest BCUT2D eigenvalue weighted by Crippen LogP contribution is -2.55. The Labute approximate surface area is 240 Å². The first-order chi connectivity index (χ1) is 19.0. The van der Waals surface area contributed by atoms with Crippen LogP contribution < -0.4 is 0 Å². The second-order valence-corrected chi connectivity index (χ2v) is 12.7. The molecule has 224 valence electrons. The summed E-state index contributed by atoms with van der Waals surface area (Å²) in [5, 5.41) is 22.4. The molecule has 3 aliphatic heterocycles. The molecule has 2 N–H and O–H groups in total. The van der Waals surface area contributed by atoms with Gasteiger partial charge in [-0.15, -0.1) is 0 Å². The van der Waals surface area contributed by atoms with Crippen LogP contribution in [0.5, 0.6) is 0 Å². The van der Waals surface area contributed by atoms with Gasteiger partial charge in [0.1, 0.15) is 17.6 Å². The number of rotatable bonds is 3. The van der Waals surface area contributed by atoms with E-state index in [0.717, 1.165) is 37.7 Å². The van der Waals surface area contributed by atoms with Gasteiger partial charge in [-0.05, 0) is 62.5 Å². The number of carbonyl (C=O) groups excluding carboxylic acids is 1. The highest BCUT2D eigenvalue weighted by atomic mass is 16.7. The molecular weight excluding hydrogens is 508 g/mol. The van der Waals surface area contributed by atoms with E-state index in [9.17, 15) is 15.0 Å². The van der Waals surface area contributed by atoms with Gasteiger partial charge in [-0.3, -0.25) is 4.79 Å². The molecule has 0 saturated carbocycles. The van der Waals surface area contributed by atoms with Gasteiger partial charge < -0.3 is 29.2 Å². The standard InChI is InChI=1S/C33H50O7/c1-7-29-23(4)13-14-32(40-29)18-27-17-26(39-32)12-11-22(3)15-21(2)9-8-10-25(20-34)33(36)19-30(37-6)24(5)16-28(33)31(35)38-27/h8-11,16,21,23,26-30,34,36H,7,12-15,17-20H2,1-6H3/b9-8+,22-11+,25-10+/t21-,23-,26+,27-,28-,29+,30-,32+,33+/m0/s1. The highest BCUT2D eigenvalue weighted by Gasteiger charge is 2.51. The molecule has 0 aromatic carbocycles. The molecule has 0 unspecified atom stereocenters. The van der Waals surface area contributed by atoms with Gasteiger partial charge >= 0.3 is 5.97 Å². The number of carbonyl (C=O) groups is 1. The number of hydrogen-bond acceptors (Lipinski definition) is 7. The van der Waals surface area contributed by atoms with E-state index in [2.05, 4.69) is 39.8 Å². The molecule has 0 aromatic heterocycles. The minimum atomic E-state index is -1.64. The van der Waals surface area contributed by atoms with Gasteiger partial charge in [0.05, 0.1) is 24.9 Å². The van der Waals surface area contributed by atoms with Crippen molar-refractivity contribution < 1.29 is 34.0 Å². The minimum absolute atomic E-state index is 0.101. The second-order valence-electron chi connectivity index (χ2n) is 12.7. The Bertz CT molecular complexity index is 1030. The first-order valence-corrected chi connectivity index (χ1v) is 15.2. The van der Waals surface area contributed by atoms with Crippen molar-refractivity contribution in [3.05, 3.63) is 47.1 Å². The average molecular weight is 559 g/mol. The SMILES string of the molecule is CC[C@H]1O[C@]2(CC[C@@H]1C)C[C@@H]1C[C@@H](C/C=C(\C)C[C@@H](C)/C=C/C=C(\CO)[C@]3(O)C[C@H](OC)C(C)=C[C@H]3C(=O)O1)O2. The third kappa shape index (κ3) is 6.81. The van der Waals surface area contributed by atoms with Crippen molar-refractivity contribution in [1.82, 2.24) is 0 Å². The quantitative estimate of drug-likeness (QED) is 0.346. The van der Waals surface area contributed by atoms with Crippen LogP contribution in [0.15, 0.2) is 47.1 Å². The fraction of sp³-hybridized carbons (Fsp3) is 0.727. The largest absolute Gasteiger partial charge is 0.462 e. The van der Waals surface area contributed by atoms with Gasteiger partial charge in [-0.1, -0.05) is 56.7 Å². The minimum Gasteiger partial charge on any atom is -0.462 e. The third-order valence-corrected chi connectivity index (χ3v) is 9.44. The summed E-state index contributed by atoms with van der Waals surface area (Å²) < 4.78 is 25.2. The number of esters is 1. The van der Waals surface area contributed by atoms with E-state index in [1.54, 1.807) is 19.3 Å². The summed E-state index contributed by atoms with van der Waals surface area (Å²) in [6.07, 6.45) is 14.3. The Hall–Kier alpha value is -1.77. The molecule has 0 amide bonds. The first kappa shape index (κ1) is 31.2. The highest BCUT2D eigenvalue weighted by Crippen LogP contribution is 2.45. The van der Waals surface area contributed by atoms with E-state index < -0.39 is 29.4 Å². The van der Waals surface area contributed by atoms with E-state index in [-0.39, 0.29) is 37.3 Å². The van der Waals surface area contributed by atoms with Crippen molar-refractivity contribution in [3.8, 4) is 0 Å². The molecule has 1 aliphatic carbocycles. The van der Waals surface area contributed by atoms with Crippen LogP contribution in [0, 0.1) is 17.8 Å². The zero-order chi connectivity index (χ0) is 29.1. The molecular formula is C33H50O7. The highest BCUT2D eigenvalue weighted by molar-refractivity contribution is 5.78. The number of aliphatic hydroxyl groups is 2. The monoisotopic (exact) mass is 558 g/mol. The van der Waals surface area contributed by atoms with Crippen LogP contribution in [-0.2, 0) is 23.7 Å². The molecule has 2 saturated heterocycles. The zero-order valence-corrected chi connectivity index (χ0v) is 25.2. The summed E-state index contributed by atoms with van der Waals surface area (Å²) in [4.78, 5) is 13.9. The molecule has 40 heavy (non-hydrogen) atoms. The van der Waals surface area contributed by atoms with Gasteiger partial charge in [0.2, 0.25) is 0 Å². The van der Waals surface area contributed by atoms with Crippen molar-refractivity contribution in [3.63, 3.8) is 0 Å². The number of aliphatic hydroxyl groups excluding tert-OH is 1. The summed E-state index contributed by atoms with van der Waals surface area (Å²) in [5.41, 5.74) is 0.868. The smallest absolute Gasteiger partial charge is 0.316 e. The second kappa shape index (κ2) is 13.0.